The van der Waals surface area contributed by atoms with E-state index in [4.69, 9.17) is 5.73 Å². The Labute approximate surface area is 361 Å². The highest BCUT2D eigenvalue weighted by Gasteiger charge is 2.12. The zero-order chi connectivity index (χ0) is 46.0. The fourth-order valence-corrected chi connectivity index (χ4v) is 5.69. The van der Waals surface area contributed by atoms with Crippen LogP contribution in [0.25, 0.3) is 0 Å². The molecule has 0 aliphatic heterocycles. The number of rotatable bonds is 2. The van der Waals surface area contributed by atoms with Gasteiger partial charge in [0.15, 0.2) is 0 Å². The summed E-state index contributed by atoms with van der Waals surface area (Å²) in [6.45, 7) is 34.3. The van der Waals surface area contributed by atoms with E-state index in [1.807, 2.05) is 52.8 Å². The largest absolute Gasteiger partial charge is 0.399 e. The number of aryl methyl sites for hydroxylation is 17. The first-order valence-corrected chi connectivity index (χ1v) is 20.2. The molecule has 0 unspecified atom stereocenters. The molecule has 0 radical (unpaired) electrons. The van der Waals surface area contributed by atoms with Gasteiger partial charge in [0, 0.05) is 28.9 Å². The quantitative estimate of drug-likeness (QED) is 0.106. The van der Waals surface area contributed by atoms with Crippen molar-refractivity contribution in [2.75, 3.05) is 5.73 Å². The fourth-order valence-electron chi connectivity index (χ4n) is 5.69. The van der Waals surface area contributed by atoms with Crippen LogP contribution in [0.4, 0.5) is 17.1 Å². The molecule has 7 heteroatoms. The average molecular weight is 812 g/mol. The summed E-state index contributed by atoms with van der Waals surface area (Å²) in [6, 6.07) is 32.5. The van der Waals surface area contributed by atoms with Gasteiger partial charge in [-0.25, -0.2) is 0 Å². The van der Waals surface area contributed by atoms with E-state index in [0.29, 0.717) is 0 Å². The molecular weight excluding hydrogens is 743 g/mol. The number of nitrogens with two attached hydrogens (primary N) is 1. The Morgan fingerprint density at radius 2 is 0.550 bits per heavy atom. The van der Waals surface area contributed by atoms with Crippen molar-refractivity contribution in [3.05, 3.63) is 212 Å². The average Bonchev–Trinajstić information content (AvgIpc) is 3.16. The SMILES string of the molecule is Cc1cc(C)c(N)cc1C.Cc1cc(C)c([N+](=O)[O-])cc1C.Cc1cc(C)c([N+](=O)[O-])cc1C.Cc1ccc(C)c(C)c1.Cc1ccc(C)c(C)c1.Cc1ccc(C)cc1. The van der Waals surface area contributed by atoms with Gasteiger partial charge >= 0.3 is 0 Å². The topological polar surface area (TPSA) is 112 Å². The minimum atomic E-state index is -0.345. The lowest BCUT2D eigenvalue weighted by Crippen LogP contribution is -1.93. The minimum Gasteiger partial charge on any atom is -0.399 e. The Balaban J connectivity index is 0.000000362. The van der Waals surface area contributed by atoms with Crippen molar-refractivity contribution in [1.29, 1.82) is 0 Å². The monoisotopic (exact) mass is 812 g/mol. The zero-order valence-electron chi connectivity index (χ0n) is 39.3. The molecule has 0 aliphatic carbocycles. The van der Waals surface area contributed by atoms with Crippen LogP contribution in [-0.2, 0) is 0 Å². The third-order valence-corrected chi connectivity index (χ3v) is 10.4. The number of nitro benzene ring substituents is 2. The third kappa shape index (κ3) is 18.2. The summed E-state index contributed by atoms with van der Waals surface area (Å²) >= 11 is 0. The van der Waals surface area contributed by atoms with Gasteiger partial charge in [-0.05, 0) is 197 Å². The molecule has 0 heterocycles. The maximum absolute atomic E-state index is 10.5. The third-order valence-electron chi connectivity index (χ3n) is 10.4. The Morgan fingerprint density at radius 3 is 0.817 bits per heavy atom. The highest BCUT2D eigenvalue weighted by Crippen LogP contribution is 2.23. The Hall–Kier alpha value is -6.08. The summed E-state index contributed by atoms with van der Waals surface area (Å²) in [5, 5.41) is 21.0. The van der Waals surface area contributed by atoms with E-state index in [1.165, 1.54) is 61.2 Å². The lowest BCUT2D eigenvalue weighted by atomic mass is 10.1. The lowest BCUT2D eigenvalue weighted by molar-refractivity contribution is -0.385. The Kier molecular flexibility index (Phi) is 21.4. The van der Waals surface area contributed by atoms with Crippen molar-refractivity contribution in [3.8, 4) is 0 Å². The van der Waals surface area contributed by atoms with Gasteiger partial charge in [-0.3, -0.25) is 20.2 Å². The summed E-state index contributed by atoms with van der Waals surface area (Å²) in [6.07, 6.45) is 0. The second kappa shape index (κ2) is 24.8. The molecule has 0 spiro atoms. The van der Waals surface area contributed by atoms with Gasteiger partial charge in [-0.15, -0.1) is 0 Å². The predicted octanol–water partition coefficient (Wildman–Crippen LogP) is 14.8. The van der Waals surface area contributed by atoms with Crippen LogP contribution in [0.1, 0.15) is 94.6 Å². The van der Waals surface area contributed by atoms with Crippen molar-refractivity contribution >= 4 is 17.1 Å². The van der Waals surface area contributed by atoms with Crippen LogP contribution in [0.2, 0.25) is 0 Å². The van der Waals surface area contributed by atoms with E-state index in [0.717, 1.165) is 39.1 Å². The number of benzene rings is 6. The molecule has 6 aromatic carbocycles. The number of anilines is 1. The molecule has 7 nitrogen and oxygen atoms in total. The summed E-state index contributed by atoms with van der Waals surface area (Å²) < 4.78 is 0. The van der Waals surface area contributed by atoms with Crippen molar-refractivity contribution < 1.29 is 9.85 Å². The Morgan fingerprint density at radius 1 is 0.300 bits per heavy atom. The van der Waals surface area contributed by atoms with Crippen LogP contribution in [0.3, 0.4) is 0 Å². The van der Waals surface area contributed by atoms with E-state index in [-0.39, 0.29) is 21.2 Å². The molecule has 2 N–H and O–H groups in total. The van der Waals surface area contributed by atoms with Gasteiger partial charge in [0.1, 0.15) is 0 Å². The molecule has 60 heavy (non-hydrogen) atoms. The van der Waals surface area contributed by atoms with Gasteiger partial charge in [-0.2, -0.15) is 0 Å². The molecule has 0 amide bonds. The normalized spacial score (nSPS) is 9.75. The molecule has 0 aromatic heterocycles. The van der Waals surface area contributed by atoms with Gasteiger partial charge < -0.3 is 5.73 Å². The van der Waals surface area contributed by atoms with Gasteiger partial charge in [0.25, 0.3) is 11.4 Å². The summed E-state index contributed by atoms with van der Waals surface area (Å²) in [4.78, 5) is 20.3. The fraction of sp³-hybridized carbons (Fsp3) is 0.321. The number of hydrogen-bond acceptors (Lipinski definition) is 5. The van der Waals surface area contributed by atoms with Gasteiger partial charge in [0.2, 0.25) is 0 Å². The molecule has 0 aliphatic rings. The lowest BCUT2D eigenvalue weighted by Gasteiger charge is -2.03. The predicted molar refractivity (Wildman–Crippen MR) is 257 cm³/mol. The molecule has 6 aromatic rings. The van der Waals surface area contributed by atoms with Crippen molar-refractivity contribution in [2.24, 2.45) is 0 Å². The van der Waals surface area contributed by atoms with E-state index in [2.05, 4.69) is 136 Å². The van der Waals surface area contributed by atoms with Crippen LogP contribution in [-0.4, -0.2) is 9.85 Å². The van der Waals surface area contributed by atoms with E-state index < -0.39 is 0 Å². The van der Waals surface area contributed by atoms with Gasteiger partial charge in [0.05, 0.1) is 9.85 Å². The van der Waals surface area contributed by atoms with Crippen molar-refractivity contribution in [1.82, 2.24) is 0 Å². The molecule has 0 fully saturated rings. The van der Waals surface area contributed by atoms with Crippen LogP contribution in [0.15, 0.2) is 97.1 Å². The second-order valence-electron chi connectivity index (χ2n) is 16.1. The maximum atomic E-state index is 10.5. The van der Waals surface area contributed by atoms with Crippen molar-refractivity contribution in [3.63, 3.8) is 0 Å². The molecule has 6 rings (SSSR count). The highest BCUT2D eigenvalue weighted by atomic mass is 16.6. The molecule has 320 valence electrons. The molecule has 0 saturated carbocycles. The Bertz CT molecular complexity index is 2170. The zero-order valence-corrected chi connectivity index (χ0v) is 39.3. The van der Waals surface area contributed by atoms with Crippen LogP contribution in [0.5, 0.6) is 0 Å². The van der Waals surface area contributed by atoms with E-state index in [1.54, 1.807) is 26.0 Å². The maximum Gasteiger partial charge on any atom is 0.272 e. The first kappa shape index (κ1) is 51.9. The van der Waals surface area contributed by atoms with Crippen LogP contribution >= 0.6 is 0 Å². The standard InChI is InChI=1S/2C9H11NO2.C9H13N.2C9H12.C8H10/c2*1-6-4-8(3)9(10(11)12)5-7(6)2;1-6-4-8(3)9(10)5-7(6)2;2*1-7-4-5-8(2)9(3)6-7;1-7-3-5-8(2)6-4-7/h2*4-5H,1-3H3;4-5H,10H2,1-3H3;2*4-6H,1-3H3;3-6H,1-2H3. The number of nitrogen functional groups attached to an aromatic ring is 1. The molecule has 0 bridgehead atoms. The smallest absolute Gasteiger partial charge is 0.272 e. The van der Waals surface area contributed by atoms with Crippen LogP contribution in [0, 0.1) is 138 Å². The molecule has 0 atom stereocenters. The summed E-state index contributed by atoms with van der Waals surface area (Å²) in [7, 11) is 0. The number of nitrogens with zero attached hydrogens (tertiary/aromatic N) is 2. The summed E-state index contributed by atoms with van der Waals surface area (Å²) in [5.41, 5.74) is 27.2. The van der Waals surface area contributed by atoms with E-state index in [9.17, 15) is 20.2 Å². The highest BCUT2D eigenvalue weighted by molar-refractivity contribution is 5.51. The van der Waals surface area contributed by atoms with E-state index >= 15 is 0 Å². The van der Waals surface area contributed by atoms with Crippen molar-refractivity contribution in [2.45, 2.75) is 118 Å². The first-order chi connectivity index (χ1) is 27.8. The number of nitro groups is 2. The summed E-state index contributed by atoms with van der Waals surface area (Å²) in [5.74, 6) is 0. The molecular formula is C53H69N3O4. The second-order valence-corrected chi connectivity index (χ2v) is 16.1. The number of hydrogen-bond donors (Lipinski definition) is 1. The minimum absolute atomic E-state index is 0.207. The molecule has 0 saturated heterocycles. The first-order valence-electron chi connectivity index (χ1n) is 20.2. The van der Waals surface area contributed by atoms with Gasteiger partial charge in [-0.1, -0.05) is 89.0 Å². The van der Waals surface area contributed by atoms with Crippen LogP contribution < -0.4 is 5.73 Å².